The fraction of sp³-hybridized carbons (Fsp3) is 0.0588. The molecule has 0 bridgehead atoms. The van der Waals surface area contributed by atoms with E-state index in [1.54, 1.807) is 54.3 Å². The van der Waals surface area contributed by atoms with Crippen LogP contribution in [0, 0.1) is 5.82 Å². The van der Waals surface area contributed by atoms with Crippen LogP contribution in [0.2, 0.25) is 0 Å². The van der Waals surface area contributed by atoms with Gasteiger partial charge in [0.2, 0.25) is 4.80 Å². The summed E-state index contributed by atoms with van der Waals surface area (Å²) in [6, 6.07) is 13.0. The van der Waals surface area contributed by atoms with Crippen molar-refractivity contribution in [1.29, 1.82) is 0 Å². The number of phenolic OH excluding ortho intramolecular Hbond substituents is 1. The number of phenols is 1. The number of hydrogen-bond acceptors (Lipinski definition) is 4. The summed E-state index contributed by atoms with van der Waals surface area (Å²) in [5.74, 6) is -0.0647. The van der Waals surface area contributed by atoms with E-state index in [1.165, 1.54) is 23.5 Å². The van der Waals surface area contributed by atoms with Gasteiger partial charge in [0.15, 0.2) is 0 Å². The molecule has 0 aliphatic carbocycles. The summed E-state index contributed by atoms with van der Waals surface area (Å²) in [7, 11) is 1.70. The Morgan fingerprint density at radius 2 is 1.78 bits per heavy atom. The monoisotopic (exact) mass is 327 g/mol. The lowest BCUT2D eigenvalue weighted by Gasteiger charge is -2.03. The predicted molar refractivity (Wildman–Crippen MR) is 90.3 cm³/mol. The highest BCUT2D eigenvalue weighted by Crippen LogP contribution is 2.20. The molecule has 116 valence electrons. The summed E-state index contributed by atoms with van der Waals surface area (Å²) in [5, 5.41) is 15.7. The van der Waals surface area contributed by atoms with Gasteiger partial charge < -0.3 is 5.11 Å². The van der Waals surface area contributed by atoms with Crippen molar-refractivity contribution < 1.29 is 9.50 Å². The van der Waals surface area contributed by atoms with Crippen LogP contribution in [-0.4, -0.2) is 23.0 Å². The van der Waals surface area contributed by atoms with E-state index < -0.39 is 0 Å². The first-order chi connectivity index (χ1) is 11.2. The molecule has 0 amide bonds. The van der Waals surface area contributed by atoms with Gasteiger partial charge in [0.05, 0.1) is 11.9 Å². The molecule has 0 fully saturated rings. The van der Waals surface area contributed by atoms with E-state index >= 15 is 0 Å². The van der Waals surface area contributed by atoms with Crippen LogP contribution in [0.5, 0.6) is 5.75 Å². The molecule has 6 heteroatoms. The first-order valence-corrected chi connectivity index (χ1v) is 7.78. The smallest absolute Gasteiger partial charge is 0.205 e. The number of aromatic nitrogens is 1. The molecule has 0 saturated heterocycles. The molecule has 0 spiro atoms. The quantitative estimate of drug-likeness (QED) is 0.736. The summed E-state index contributed by atoms with van der Waals surface area (Å²) in [6.07, 6.45) is 1.69. The zero-order valence-corrected chi connectivity index (χ0v) is 13.2. The minimum absolute atomic E-state index is 0.210. The third-order valence-corrected chi connectivity index (χ3v) is 4.14. The van der Waals surface area contributed by atoms with Crippen molar-refractivity contribution in [2.24, 2.45) is 10.1 Å². The molecule has 0 aliphatic rings. The van der Waals surface area contributed by atoms with Crippen molar-refractivity contribution >= 4 is 17.6 Å². The third kappa shape index (κ3) is 3.37. The van der Waals surface area contributed by atoms with Crippen LogP contribution < -0.4 is 4.80 Å². The zero-order valence-electron chi connectivity index (χ0n) is 12.3. The van der Waals surface area contributed by atoms with Crippen molar-refractivity contribution in [3.05, 3.63) is 70.1 Å². The van der Waals surface area contributed by atoms with Crippen LogP contribution in [-0.2, 0) is 0 Å². The lowest BCUT2D eigenvalue weighted by Crippen LogP contribution is -2.11. The molecular formula is C17H14FN3OS. The SMILES string of the molecule is CN=c1scc(-c2ccc(F)cc2)n1N=Cc1ccc(O)cc1. The Kier molecular flexibility index (Phi) is 4.34. The van der Waals surface area contributed by atoms with Gasteiger partial charge >= 0.3 is 0 Å². The number of nitrogens with zero attached hydrogens (tertiary/aromatic N) is 3. The first kappa shape index (κ1) is 15.2. The average Bonchev–Trinajstić information content (AvgIpc) is 2.98. The van der Waals surface area contributed by atoms with Crippen LogP contribution in [0.25, 0.3) is 11.3 Å². The van der Waals surface area contributed by atoms with Gasteiger partial charge in [0.25, 0.3) is 0 Å². The number of thiazole rings is 1. The summed E-state index contributed by atoms with van der Waals surface area (Å²) in [5.41, 5.74) is 2.56. The van der Waals surface area contributed by atoms with Crippen LogP contribution in [0.4, 0.5) is 4.39 Å². The molecule has 0 radical (unpaired) electrons. The highest BCUT2D eigenvalue weighted by molar-refractivity contribution is 7.07. The number of aromatic hydroxyl groups is 1. The zero-order chi connectivity index (χ0) is 16.2. The van der Waals surface area contributed by atoms with Gasteiger partial charge in [-0.05, 0) is 54.1 Å². The molecule has 0 atom stereocenters. The Morgan fingerprint density at radius 1 is 1.09 bits per heavy atom. The lowest BCUT2D eigenvalue weighted by atomic mass is 10.2. The minimum atomic E-state index is -0.275. The standard InChI is InChI=1S/C17H14FN3OS/c1-19-17-21(20-10-12-2-8-15(22)9-3-12)16(11-23-17)13-4-6-14(18)7-5-13/h2-11,22H,1H3. The van der Waals surface area contributed by atoms with Crippen LogP contribution in [0.3, 0.4) is 0 Å². The average molecular weight is 327 g/mol. The highest BCUT2D eigenvalue weighted by Gasteiger charge is 2.07. The topological polar surface area (TPSA) is 49.9 Å². The Bertz CT molecular complexity index is 893. The van der Waals surface area contributed by atoms with Gasteiger partial charge in [-0.1, -0.05) is 0 Å². The third-order valence-electron chi connectivity index (χ3n) is 3.23. The molecular weight excluding hydrogens is 313 g/mol. The van der Waals surface area contributed by atoms with Crippen LogP contribution in [0.1, 0.15) is 5.56 Å². The Labute approximate surface area is 136 Å². The van der Waals surface area contributed by atoms with Crippen molar-refractivity contribution in [3.63, 3.8) is 0 Å². The summed E-state index contributed by atoms with van der Waals surface area (Å²) in [4.78, 5) is 4.95. The van der Waals surface area contributed by atoms with Gasteiger partial charge in [-0.25, -0.2) is 9.07 Å². The second-order valence-electron chi connectivity index (χ2n) is 4.78. The van der Waals surface area contributed by atoms with E-state index in [9.17, 15) is 9.50 Å². The van der Waals surface area contributed by atoms with Crippen molar-refractivity contribution in [2.45, 2.75) is 0 Å². The Morgan fingerprint density at radius 3 is 2.43 bits per heavy atom. The molecule has 1 N–H and O–H groups in total. The van der Waals surface area contributed by atoms with E-state index in [4.69, 9.17) is 0 Å². The summed E-state index contributed by atoms with van der Waals surface area (Å²) in [6.45, 7) is 0. The Hall–Kier alpha value is -2.73. The fourth-order valence-corrected chi connectivity index (χ4v) is 2.87. The number of halogens is 1. The number of benzene rings is 2. The van der Waals surface area contributed by atoms with Crippen molar-refractivity contribution in [2.75, 3.05) is 7.05 Å². The molecule has 3 rings (SSSR count). The molecule has 1 aromatic heterocycles. The van der Waals surface area contributed by atoms with Crippen molar-refractivity contribution in [3.8, 4) is 17.0 Å². The van der Waals surface area contributed by atoms with Crippen LogP contribution in [0.15, 0.2) is 64.0 Å². The number of rotatable bonds is 3. The van der Waals surface area contributed by atoms with Gasteiger partial charge in [0.1, 0.15) is 11.6 Å². The Balaban J connectivity index is 2.02. The molecule has 1 heterocycles. The molecule has 4 nitrogen and oxygen atoms in total. The number of hydrogen-bond donors (Lipinski definition) is 1. The van der Waals surface area contributed by atoms with Gasteiger partial charge in [-0.15, -0.1) is 11.3 Å². The highest BCUT2D eigenvalue weighted by atomic mass is 32.1. The van der Waals surface area contributed by atoms with Crippen molar-refractivity contribution in [1.82, 2.24) is 4.68 Å². The van der Waals surface area contributed by atoms with E-state index in [0.717, 1.165) is 21.6 Å². The molecule has 3 aromatic rings. The van der Waals surface area contributed by atoms with Gasteiger partial charge in [-0.2, -0.15) is 5.10 Å². The second-order valence-corrected chi connectivity index (χ2v) is 5.62. The molecule has 23 heavy (non-hydrogen) atoms. The van der Waals surface area contributed by atoms with E-state index in [0.29, 0.717) is 0 Å². The maximum atomic E-state index is 13.1. The van der Waals surface area contributed by atoms with E-state index in [2.05, 4.69) is 10.1 Å². The molecule has 0 aliphatic heterocycles. The van der Waals surface area contributed by atoms with E-state index in [1.807, 2.05) is 5.38 Å². The fourth-order valence-electron chi connectivity index (χ4n) is 2.07. The predicted octanol–water partition coefficient (Wildman–Crippen LogP) is 3.47. The van der Waals surface area contributed by atoms with Crippen LogP contribution >= 0.6 is 11.3 Å². The van der Waals surface area contributed by atoms with E-state index in [-0.39, 0.29) is 11.6 Å². The normalized spacial score (nSPS) is 12.2. The lowest BCUT2D eigenvalue weighted by molar-refractivity contribution is 0.475. The summed E-state index contributed by atoms with van der Waals surface area (Å²) >= 11 is 1.46. The molecule has 0 saturated carbocycles. The second kappa shape index (κ2) is 6.58. The first-order valence-electron chi connectivity index (χ1n) is 6.90. The van der Waals surface area contributed by atoms with Gasteiger partial charge in [0, 0.05) is 18.0 Å². The van der Waals surface area contributed by atoms with Gasteiger partial charge in [-0.3, -0.25) is 4.99 Å². The maximum Gasteiger partial charge on any atom is 0.205 e. The maximum absolute atomic E-state index is 13.1. The summed E-state index contributed by atoms with van der Waals surface area (Å²) < 4.78 is 14.8. The molecule has 2 aromatic carbocycles. The largest absolute Gasteiger partial charge is 0.508 e. The minimum Gasteiger partial charge on any atom is -0.508 e. The molecule has 0 unspecified atom stereocenters.